The van der Waals surface area contributed by atoms with Gasteiger partial charge >= 0.3 is 0 Å². The highest BCUT2D eigenvalue weighted by Crippen LogP contribution is 2.27. The number of piperidine rings is 1. The molecule has 1 aliphatic heterocycles. The number of halogens is 1. The lowest BCUT2D eigenvalue weighted by Crippen LogP contribution is -2.37. The third-order valence-corrected chi connectivity index (χ3v) is 3.85. The van der Waals surface area contributed by atoms with Crippen LogP contribution in [0.15, 0.2) is 6.20 Å². The summed E-state index contributed by atoms with van der Waals surface area (Å²) in [6, 6.07) is 0. The number of likely N-dealkylation sites (tertiary alicyclic amines) is 1. The molecule has 0 bridgehead atoms. The number of carbonyl (C=O) groups excluding carboxylic acids is 1. The first-order valence-electron chi connectivity index (χ1n) is 6.58. The van der Waals surface area contributed by atoms with Gasteiger partial charge in [0, 0.05) is 31.9 Å². The first-order valence-corrected chi connectivity index (χ1v) is 7.02. The average molecular weight is 270 g/mol. The van der Waals surface area contributed by atoms with Gasteiger partial charge in [0.15, 0.2) is 0 Å². The fourth-order valence-electron chi connectivity index (χ4n) is 2.45. The molecule has 1 aromatic heterocycles. The Labute approximate surface area is 113 Å². The van der Waals surface area contributed by atoms with Gasteiger partial charge in [-0.1, -0.05) is 6.92 Å². The molecule has 18 heavy (non-hydrogen) atoms. The first kappa shape index (κ1) is 13.4. The quantitative estimate of drug-likeness (QED) is 0.790. The van der Waals surface area contributed by atoms with Crippen molar-refractivity contribution in [2.45, 2.75) is 38.0 Å². The molecular formula is C13H20ClN3O. The van der Waals surface area contributed by atoms with E-state index in [2.05, 4.69) is 5.10 Å². The van der Waals surface area contributed by atoms with Crippen LogP contribution < -0.4 is 0 Å². The molecule has 1 aliphatic rings. The van der Waals surface area contributed by atoms with Crippen LogP contribution >= 0.6 is 11.6 Å². The number of amides is 1. The maximum atomic E-state index is 12.3. The summed E-state index contributed by atoms with van der Waals surface area (Å²) in [4.78, 5) is 14.2. The van der Waals surface area contributed by atoms with E-state index >= 15 is 0 Å². The molecule has 1 fully saturated rings. The lowest BCUT2D eigenvalue weighted by atomic mass is 10.1. The Hall–Kier alpha value is -1.03. The molecule has 1 aromatic rings. The molecule has 0 spiro atoms. The summed E-state index contributed by atoms with van der Waals surface area (Å²) in [6.07, 6.45) is 6.04. The van der Waals surface area contributed by atoms with Crippen LogP contribution in [0.1, 0.15) is 42.8 Å². The summed E-state index contributed by atoms with van der Waals surface area (Å²) < 4.78 is 1.73. The summed E-state index contributed by atoms with van der Waals surface area (Å²) in [7, 11) is 1.86. The first-order chi connectivity index (χ1) is 8.63. The van der Waals surface area contributed by atoms with Gasteiger partial charge < -0.3 is 4.90 Å². The number of aryl methyl sites for hydroxylation is 2. The van der Waals surface area contributed by atoms with Gasteiger partial charge in [0.1, 0.15) is 5.38 Å². The van der Waals surface area contributed by atoms with Crippen molar-refractivity contribution < 1.29 is 4.79 Å². The Morgan fingerprint density at radius 2 is 2.11 bits per heavy atom. The van der Waals surface area contributed by atoms with Gasteiger partial charge in [-0.2, -0.15) is 5.10 Å². The SMILES string of the molecule is CCc1nn(C)cc1C(Cl)C(=O)N1CCCCC1. The van der Waals surface area contributed by atoms with E-state index in [1.807, 2.05) is 25.1 Å². The van der Waals surface area contributed by atoms with E-state index in [9.17, 15) is 4.79 Å². The van der Waals surface area contributed by atoms with Crippen LogP contribution in [0.3, 0.4) is 0 Å². The van der Waals surface area contributed by atoms with Crippen molar-refractivity contribution >= 4 is 17.5 Å². The van der Waals surface area contributed by atoms with Crippen molar-refractivity contribution in [1.29, 1.82) is 0 Å². The summed E-state index contributed by atoms with van der Waals surface area (Å²) in [6.45, 7) is 3.70. The molecule has 4 nitrogen and oxygen atoms in total. The number of aromatic nitrogens is 2. The maximum Gasteiger partial charge on any atom is 0.245 e. The normalized spacial score (nSPS) is 17.8. The smallest absolute Gasteiger partial charge is 0.245 e. The molecule has 2 rings (SSSR count). The molecule has 0 aliphatic carbocycles. The molecular weight excluding hydrogens is 250 g/mol. The lowest BCUT2D eigenvalue weighted by Gasteiger charge is -2.28. The van der Waals surface area contributed by atoms with Crippen molar-refractivity contribution in [3.05, 3.63) is 17.5 Å². The molecule has 0 saturated carbocycles. The number of carbonyl (C=O) groups is 1. The van der Waals surface area contributed by atoms with Gasteiger partial charge in [-0.25, -0.2) is 0 Å². The van der Waals surface area contributed by atoms with Crippen molar-refractivity contribution in [3.8, 4) is 0 Å². The minimum absolute atomic E-state index is 0.0269. The van der Waals surface area contributed by atoms with Gasteiger partial charge in [-0.15, -0.1) is 11.6 Å². The molecule has 1 atom stereocenters. The van der Waals surface area contributed by atoms with Gasteiger partial charge in [-0.3, -0.25) is 9.48 Å². The highest BCUT2D eigenvalue weighted by molar-refractivity contribution is 6.30. The number of hydrogen-bond acceptors (Lipinski definition) is 2. The van der Waals surface area contributed by atoms with Gasteiger partial charge in [-0.05, 0) is 25.7 Å². The molecule has 5 heteroatoms. The predicted octanol–water partition coefficient (Wildman–Crippen LogP) is 2.27. The second-order valence-electron chi connectivity index (χ2n) is 4.81. The summed E-state index contributed by atoms with van der Waals surface area (Å²) in [5.74, 6) is 0.0269. The fourth-order valence-corrected chi connectivity index (χ4v) is 2.77. The highest BCUT2D eigenvalue weighted by atomic mass is 35.5. The molecule has 1 unspecified atom stereocenters. The maximum absolute atomic E-state index is 12.3. The van der Waals surface area contributed by atoms with Gasteiger partial charge in [0.05, 0.1) is 5.69 Å². The second-order valence-corrected chi connectivity index (χ2v) is 5.24. The topological polar surface area (TPSA) is 38.1 Å². The van der Waals surface area contributed by atoms with Crippen LogP contribution in [0, 0.1) is 0 Å². The Morgan fingerprint density at radius 1 is 1.44 bits per heavy atom. The number of rotatable bonds is 3. The molecule has 0 radical (unpaired) electrons. The monoisotopic (exact) mass is 269 g/mol. The van der Waals surface area contributed by atoms with Crippen LogP contribution in [0.25, 0.3) is 0 Å². The minimum Gasteiger partial charge on any atom is -0.341 e. The van der Waals surface area contributed by atoms with Crippen molar-refractivity contribution in [2.24, 2.45) is 7.05 Å². The van der Waals surface area contributed by atoms with Crippen molar-refractivity contribution in [1.82, 2.24) is 14.7 Å². The van der Waals surface area contributed by atoms with Gasteiger partial charge in [0.25, 0.3) is 0 Å². The third kappa shape index (κ3) is 2.69. The van der Waals surface area contributed by atoms with Crippen LogP contribution in [-0.2, 0) is 18.3 Å². The van der Waals surface area contributed by atoms with E-state index in [0.29, 0.717) is 0 Å². The van der Waals surface area contributed by atoms with E-state index in [1.165, 1.54) is 6.42 Å². The Morgan fingerprint density at radius 3 is 2.72 bits per heavy atom. The van der Waals surface area contributed by atoms with E-state index in [0.717, 1.165) is 43.6 Å². The Balaban J connectivity index is 2.13. The zero-order valence-corrected chi connectivity index (χ0v) is 11.8. The van der Waals surface area contributed by atoms with Crippen LogP contribution in [-0.4, -0.2) is 33.7 Å². The molecule has 1 amide bonds. The van der Waals surface area contributed by atoms with Crippen LogP contribution in [0.5, 0.6) is 0 Å². The summed E-state index contributed by atoms with van der Waals surface area (Å²) in [5.41, 5.74) is 1.78. The van der Waals surface area contributed by atoms with Crippen LogP contribution in [0.2, 0.25) is 0 Å². The van der Waals surface area contributed by atoms with E-state index < -0.39 is 5.38 Å². The van der Waals surface area contributed by atoms with Crippen molar-refractivity contribution in [2.75, 3.05) is 13.1 Å². The highest BCUT2D eigenvalue weighted by Gasteiger charge is 2.27. The predicted molar refractivity (Wildman–Crippen MR) is 71.6 cm³/mol. The number of hydrogen-bond donors (Lipinski definition) is 0. The summed E-state index contributed by atoms with van der Waals surface area (Å²) in [5, 5.41) is 3.75. The molecule has 0 aromatic carbocycles. The van der Waals surface area contributed by atoms with E-state index in [4.69, 9.17) is 11.6 Å². The van der Waals surface area contributed by atoms with E-state index in [-0.39, 0.29) is 5.91 Å². The zero-order chi connectivity index (χ0) is 13.1. The zero-order valence-electron chi connectivity index (χ0n) is 11.0. The molecule has 0 N–H and O–H groups in total. The standard InChI is InChI=1S/C13H20ClN3O/c1-3-11-10(9-16(2)15-11)12(14)13(18)17-7-5-4-6-8-17/h9,12H,3-8H2,1-2H3. The third-order valence-electron chi connectivity index (χ3n) is 3.43. The summed E-state index contributed by atoms with van der Waals surface area (Å²) >= 11 is 6.34. The molecule has 1 saturated heterocycles. The number of nitrogens with zero attached hydrogens (tertiary/aromatic N) is 3. The largest absolute Gasteiger partial charge is 0.341 e. The average Bonchev–Trinajstić information content (AvgIpc) is 2.79. The Kier molecular flexibility index (Phi) is 4.27. The fraction of sp³-hybridized carbons (Fsp3) is 0.692. The Bertz CT molecular complexity index is 424. The molecule has 2 heterocycles. The van der Waals surface area contributed by atoms with Gasteiger partial charge in [0.2, 0.25) is 5.91 Å². The van der Waals surface area contributed by atoms with Crippen molar-refractivity contribution in [3.63, 3.8) is 0 Å². The van der Waals surface area contributed by atoms with Crippen LogP contribution in [0.4, 0.5) is 0 Å². The lowest BCUT2D eigenvalue weighted by molar-refractivity contribution is -0.131. The van der Waals surface area contributed by atoms with E-state index in [1.54, 1.807) is 4.68 Å². The minimum atomic E-state index is -0.591. The second kappa shape index (κ2) is 5.74. The molecule has 100 valence electrons. The number of alkyl halides is 1.